The van der Waals surface area contributed by atoms with Crippen LogP contribution in [-0.4, -0.2) is 26.0 Å². The predicted octanol–water partition coefficient (Wildman–Crippen LogP) is 3.99. The molecule has 0 bridgehead atoms. The van der Waals surface area contributed by atoms with Gasteiger partial charge in [0.15, 0.2) is 5.82 Å². The lowest BCUT2D eigenvalue weighted by Crippen LogP contribution is -1.97. The zero-order chi connectivity index (χ0) is 17.2. The van der Waals surface area contributed by atoms with Gasteiger partial charge in [-0.15, -0.1) is 0 Å². The number of aldehydes is 1. The van der Waals surface area contributed by atoms with E-state index in [9.17, 15) is 4.79 Å². The lowest BCUT2D eigenvalue weighted by molar-refractivity contribution is -0.107. The van der Waals surface area contributed by atoms with Crippen LogP contribution in [0.5, 0.6) is 0 Å². The van der Waals surface area contributed by atoms with Crippen LogP contribution < -0.4 is 0 Å². The number of hydrogen-bond donors (Lipinski definition) is 0. The first kappa shape index (κ1) is 15.7. The van der Waals surface area contributed by atoms with Gasteiger partial charge in [-0.05, 0) is 46.3 Å². The average molecular weight is 393 g/mol. The minimum Gasteiger partial charge on any atom is -0.303 e. The van der Waals surface area contributed by atoms with Gasteiger partial charge in [0.05, 0.1) is 11.2 Å². The summed E-state index contributed by atoms with van der Waals surface area (Å²) in [4.78, 5) is 19.7. The summed E-state index contributed by atoms with van der Waals surface area (Å²) in [5, 5.41) is 5.64. The third kappa shape index (κ3) is 3.21. The Balaban J connectivity index is 1.75. The summed E-state index contributed by atoms with van der Waals surface area (Å²) < 4.78 is 2.52. The molecule has 0 aliphatic carbocycles. The Hall–Kier alpha value is -2.86. The van der Waals surface area contributed by atoms with Gasteiger partial charge >= 0.3 is 0 Å². The number of pyridine rings is 2. The normalized spacial score (nSPS) is 10.9. The van der Waals surface area contributed by atoms with Crippen LogP contribution in [0, 0.1) is 0 Å². The highest BCUT2D eigenvalue weighted by Gasteiger charge is 2.07. The van der Waals surface area contributed by atoms with Crippen LogP contribution in [0.2, 0.25) is 0 Å². The SMILES string of the molecule is O=CCc1cccc(-c2ccc3cn(-c4cccc(Br)n4)nc3c2)n1. The number of fused-ring (bicyclic) bond motifs is 1. The molecule has 0 aliphatic heterocycles. The molecule has 0 atom stereocenters. The predicted molar refractivity (Wildman–Crippen MR) is 99.6 cm³/mol. The van der Waals surface area contributed by atoms with Crippen molar-refractivity contribution in [1.82, 2.24) is 19.7 Å². The molecule has 0 unspecified atom stereocenters. The van der Waals surface area contributed by atoms with Gasteiger partial charge in [0, 0.05) is 29.3 Å². The summed E-state index contributed by atoms with van der Waals surface area (Å²) in [6, 6.07) is 17.4. The molecular formula is C19H13BrN4O. The van der Waals surface area contributed by atoms with Crippen molar-refractivity contribution in [2.75, 3.05) is 0 Å². The highest BCUT2D eigenvalue weighted by atomic mass is 79.9. The molecule has 4 aromatic rings. The Bertz CT molecular complexity index is 1070. The fourth-order valence-electron chi connectivity index (χ4n) is 2.66. The fraction of sp³-hybridized carbons (Fsp3) is 0.0526. The van der Waals surface area contributed by atoms with Gasteiger partial charge in [0.2, 0.25) is 0 Å². The van der Waals surface area contributed by atoms with E-state index in [1.54, 1.807) is 4.68 Å². The van der Waals surface area contributed by atoms with Gasteiger partial charge in [0.25, 0.3) is 0 Å². The number of aromatic nitrogens is 4. The molecule has 122 valence electrons. The highest BCUT2D eigenvalue weighted by molar-refractivity contribution is 9.10. The third-order valence-electron chi connectivity index (χ3n) is 3.84. The smallest absolute Gasteiger partial charge is 0.154 e. The summed E-state index contributed by atoms with van der Waals surface area (Å²) in [6.45, 7) is 0. The lowest BCUT2D eigenvalue weighted by atomic mass is 10.1. The standard InChI is InChI=1S/C19H13BrN4O/c20-18-5-2-6-19(22-18)24-12-14-8-7-13(11-17(14)23-24)16-4-1-3-15(21-16)9-10-25/h1-8,10-12H,9H2. The van der Waals surface area contributed by atoms with Crippen molar-refractivity contribution >= 4 is 33.1 Å². The summed E-state index contributed by atoms with van der Waals surface area (Å²) in [5.74, 6) is 0.748. The number of carbonyl (C=O) groups excluding carboxylic acids is 1. The van der Waals surface area contributed by atoms with Crippen molar-refractivity contribution in [3.63, 3.8) is 0 Å². The van der Waals surface area contributed by atoms with Crippen molar-refractivity contribution in [3.05, 3.63) is 71.1 Å². The van der Waals surface area contributed by atoms with Crippen molar-refractivity contribution in [2.24, 2.45) is 0 Å². The molecule has 5 nitrogen and oxygen atoms in total. The Kier molecular flexibility index (Phi) is 4.11. The van der Waals surface area contributed by atoms with E-state index in [0.717, 1.165) is 44.6 Å². The van der Waals surface area contributed by atoms with E-state index in [4.69, 9.17) is 0 Å². The number of hydrogen-bond acceptors (Lipinski definition) is 4. The molecule has 6 heteroatoms. The molecule has 0 fully saturated rings. The maximum absolute atomic E-state index is 10.7. The van der Waals surface area contributed by atoms with Crippen LogP contribution in [0.4, 0.5) is 0 Å². The van der Waals surface area contributed by atoms with Gasteiger partial charge in [-0.3, -0.25) is 4.98 Å². The quantitative estimate of drug-likeness (QED) is 0.389. The molecule has 0 spiro atoms. The molecule has 0 aliphatic rings. The van der Waals surface area contributed by atoms with Gasteiger partial charge < -0.3 is 4.79 Å². The highest BCUT2D eigenvalue weighted by Crippen LogP contribution is 2.23. The van der Waals surface area contributed by atoms with E-state index in [0.29, 0.717) is 6.42 Å². The Labute approximate surface area is 152 Å². The summed E-state index contributed by atoms with van der Waals surface area (Å²) in [7, 11) is 0. The third-order valence-corrected chi connectivity index (χ3v) is 4.28. The molecule has 0 saturated heterocycles. The Morgan fingerprint density at radius 3 is 2.76 bits per heavy atom. The second kappa shape index (κ2) is 6.57. The van der Waals surface area contributed by atoms with Gasteiger partial charge in [0.1, 0.15) is 10.9 Å². The van der Waals surface area contributed by atoms with Crippen molar-refractivity contribution < 1.29 is 4.79 Å². The van der Waals surface area contributed by atoms with Crippen molar-refractivity contribution in [3.8, 4) is 17.1 Å². The van der Waals surface area contributed by atoms with E-state index in [2.05, 4.69) is 31.0 Å². The summed E-state index contributed by atoms with van der Waals surface area (Å²) in [5.41, 5.74) is 3.42. The van der Waals surface area contributed by atoms with E-state index >= 15 is 0 Å². The van der Waals surface area contributed by atoms with Crippen molar-refractivity contribution in [2.45, 2.75) is 6.42 Å². The minimum atomic E-state index is 0.319. The largest absolute Gasteiger partial charge is 0.303 e. The Morgan fingerprint density at radius 2 is 1.92 bits per heavy atom. The van der Waals surface area contributed by atoms with Crippen LogP contribution in [0.15, 0.2) is 65.4 Å². The first-order chi connectivity index (χ1) is 12.2. The van der Waals surface area contributed by atoms with Crippen LogP contribution in [0.25, 0.3) is 28.0 Å². The topological polar surface area (TPSA) is 60.7 Å². The first-order valence-electron chi connectivity index (χ1n) is 7.75. The lowest BCUT2D eigenvalue weighted by Gasteiger charge is -2.02. The van der Waals surface area contributed by atoms with E-state index in [1.165, 1.54) is 0 Å². The molecule has 0 saturated carbocycles. The molecule has 0 radical (unpaired) electrons. The zero-order valence-electron chi connectivity index (χ0n) is 13.1. The number of benzene rings is 1. The number of carbonyl (C=O) groups is 1. The number of nitrogens with zero attached hydrogens (tertiary/aromatic N) is 4. The fourth-order valence-corrected chi connectivity index (χ4v) is 2.99. The van der Waals surface area contributed by atoms with E-state index in [1.807, 2.05) is 60.8 Å². The molecule has 25 heavy (non-hydrogen) atoms. The second-order valence-corrected chi connectivity index (χ2v) is 6.36. The molecule has 4 rings (SSSR count). The number of rotatable bonds is 4. The average Bonchev–Trinajstić information content (AvgIpc) is 3.05. The van der Waals surface area contributed by atoms with E-state index < -0.39 is 0 Å². The van der Waals surface area contributed by atoms with Crippen LogP contribution >= 0.6 is 15.9 Å². The van der Waals surface area contributed by atoms with Gasteiger partial charge in [-0.2, -0.15) is 5.10 Å². The van der Waals surface area contributed by atoms with E-state index in [-0.39, 0.29) is 0 Å². The monoisotopic (exact) mass is 392 g/mol. The van der Waals surface area contributed by atoms with Gasteiger partial charge in [-0.25, -0.2) is 9.67 Å². The first-order valence-corrected chi connectivity index (χ1v) is 8.54. The zero-order valence-corrected chi connectivity index (χ0v) is 14.7. The second-order valence-electron chi connectivity index (χ2n) is 5.55. The maximum atomic E-state index is 10.7. The molecule has 0 N–H and O–H groups in total. The maximum Gasteiger partial charge on any atom is 0.154 e. The molecule has 3 heterocycles. The van der Waals surface area contributed by atoms with Crippen molar-refractivity contribution in [1.29, 1.82) is 0 Å². The van der Waals surface area contributed by atoms with Crippen LogP contribution in [0.1, 0.15) is 5.69 Å². The molecular weight excluding hydrogens is 380 g/mol. The number of halogens is 1. The van der Waals surface area contributed by atoms with Gasteiger partial charge in [-0.1, -0.05) is 24.3 Å². The van der Waals surface area contributed by atoms with Crippen LogP contribution in [-0.2, 0) is 11.2 Å². The molecule has 3 aromatic heterocycles. The Morgan fingerprint density at radius 1 is 1.04 bits per heavy atom. The van der Waals surface area contributed by atoms with Crippen LogP contribution in [0.3, 0.4) is 0 Å². The molecule has 1 aromatic carbocycles. The summed E-state index contributed by atoms with van der Waals surface area (Å²) >= 11 is 3.38. The minimum absolute atomic E-state index is 0.319. The summed E-state index contributed by atoms with van der Waals surface area (Å²) in [6.07, 6.45) is 3.13. The molecule has 0 amide bonds.